The van der Waals surface area contributed by atoms with E-state index in [-0.39, 0.29) is 40.8 Å². The molecule has 1 saturated carbocycles. The number of halogens is 1. The number of hydrogen-bond donors (Lipinski definition) is 3. The van der Waals surface area contributed by atoms with Gasteiger partial charge in [0, 0.05) is 41.1 Å². The summed E-state index contributed by atoms with van der Waals surface area (Å²) in [5.74, 6) is -2.75. The fourth-order valence-corrected chi connectivity index (χ4v) is 9.31. The minimum atomic E-state index is -4.97. The van der Waals surface area contributed by atoms with Gasteiger partial charge in [0.25, 0.3) is 5.91 Å². The number of likely N-dealkylation sites (tertiary alicyclic amines) is 1. The van der Waals surface area contributed by atoms with Gasteiger partial charge in [-0.25, -0.2) is 4.39 Å². The summed E-state index contributed by atoms with van der Waals surface area (Å²) in [5.41, 5.74) is 0.830. The fourth-order valence-electron chi connectivity index (χ4n) is 7.81. The maximum absolute atomic E-state index is 14.3. The molecule has 2 aromatic heterocycles. The van der Waals surface area contributed by atoms with Gasteiger partial charge in [-0.3, -0.25) is 23.9 Å². The number of amides is 3. The summed E-state index contributed by atoms with van der Waals surface area (Å²) in [6.45, 7) is 2.69. The molecule has 0 radical (unpaired) electrons. The van der Waals surface area contributed by atoms with Crippen molar-refractivity contribution in [3.63, 3.8) is 0 Å². The first-order valence-corrected chi connectivity index (χ1v) is 18.0. The third-order valence-corrected chi connectivity index (χ3v) is 12.1. The number of pyridine rings is 1. The molecule has 13 heteroatoms. The number of carbonyl (C=O) groups is 3. The van der Waals surface area contributed by atoms with Crippen LogP contribution in [0.4, 0.5) is 4.39 Å². The number of nitrogens with one attached hydrogen (secondary N) is 1. The number of alkyl halides is 1. The Morgan fingerprint density at radius 2 is 1.98 bits per heavy atom. The Kier molecular flexibility index (Phi) is 7.62. The molecule has 0 bridgehead atoms. The highest BCUT2D eigenvalue weighted by atomic mass is 32.1. The lowest BCUT2D eigenvalue weighted by Crippen LogP contribution is -2.56. The van der Waals surface area contributed by atoms with E-state index < -0.39 is 31.5 Å². The lowest BCUT2D eigenvalue weighted by Gasteiger charge is -2.34. The van der Waals surface area contributed by atoms with Gasteiger partial charge in [0.05, 0.1) is 4.88 Å². The third kappa shape index (κ3) is 5.60. The van der Waals surface area contributed by atoms with Gasteiger partial charge in [-0.1, -0.05) is 19.1 Å². The summed E-state index contributed by atoms with van der Waals surface area (Å²) >= 11 is 1.16. The number of rotatable bonds is 6. The molecule has 1 aliphatic carbocycles. The quantitative estimate of drug-likeness (QED) is 0.322. The zero-order valence-electron chi connectivity index (χ0n) is 24.8. The standard InChI is InChI=1S/C32H36FN4O6PS/c1-18-11-23-5-6-25(31(40)36-17-22(15-32(36)8-9-32)20-3-2-10-34-16-20)37(23)30(39)24(12-18)35-29(38)27-14-21-13-19(4-7-26(21)45-27)28(33)44(41,42)43/h2-4,7,10,13-14,16,18,22-25,28H,5-6,8-9,11-12,15,17H2,1H3,(H,35,38)(H2,41,42,43)/t18-,22-,23+,24-,25-,28+/m0/s1. The van der Waals surface area contributed by atoms with Gasteiger partial charge in [0.1, 0.15) is 12.1 Å². The molecule has 6 atom stereocenters. The molecule has 10 nitrogen and oxygen atoms in total. The highest BCUT2D eigenvalue weighted by molar-refractivity contribution is 7.51. The van der Waals surface area contributed by atoms with Crippen LogP contribution in [0, 0.1) is 5.92 Å². The molecular weight excluding hydrogens is 618 g/mol. The first-order chi connectivity index (χ1) is 21.4. The van der Waals surface area contributed by atoms with Gasteiger partial charge >= 0.3 is 7.60 Å². The summed E-state index contributed by atoms with van der Waals surface area (Å²) in [7, 11) is -4.97. The Hall–Kier alpha value is -3.18. The van der Waals surface area contributed by atoms with E-state index in [0.717, 1.165) is 49.0 Å². The van der Waals surface area contributed by atoms with E-state index in [2.05, 4.69) is 23.3 Å². The third-order valence-electron chi connectivity index (χ3n) is 10.1. The minimum absolute atomic E-state index is 0.0103. The molecule has 3 aromatic rings. The van der Waals surface area contributed by atoms with E-state index >= 15 is 0 Å². The van der Waals surface area contributed by atoms with E-state index in [9.17, 15) is 33.1 Å². The van der Waals surface area contributed by atoms with Crippen LogP contribution in [0.5, 0.6) is 0 Å². The van der Waals surface area contributed by atoms with Crippen molar-refractivity contribution in [2.45, 2.75) is 87.4 Å². The normalized spacial score (nSPS) is 28.3. The molecule has 4 aliphatic rings. The number of nitrogens with zero attached hydrogens (tertiary/aromatic N) is 3. The van der Waals surface area contributed by atoms with E-state index in [4.69, 9.17) is 0 Å². The number of hydrogen-bond acceptors (Lipinski definition) is 6. The van der Waals surface area contributed by atoms with Gasteiger partial charge in [-0.2, -0.15) is 0 Å². The Bertz CT molecular complexity index is 1710. The first kappa shape index (κ1) is 30.5. The summed E-state index contributed by atoms with van der Waals surface area (Å²) in [4.78, 5) is 68.7. The number of thiophene rings is 1. The Labute approximate surface area is 264 Å². The van der Waals surface area contributed by atoms with Crippen molar-refractivity contribution in [2.24, 2.45) is 5.92 Å². The zero-order chi connectivity index (χ0) is 31.7. The van der Waals surface area contributed by atoms with Crippen LogP contribution in [0.3, 0.4) is 0 Å². The second kappa shape index (κ2) is 11.3. The van der Waals surface area contributed by atoms with Crippen LogP contribution in [0.1, 0.15) is 84.5 Å². The molecule has 238 valence electrons. The van der Waals surface area contributed by atoms with Gasteiger partial charge in [-0.05, 0) is 91.6 Å². The first-order valence-electron chi connectivity index (χ1n) is 15.5. The predicted octanol–water partition coefficient (Wildman–Crippen LogP) is 4.88. The number of benzene rings is 1. The number of aromatic nitrogens is 1. The average molecular weight is 655 g/mol. The predicted molar refractivity (Wildman–Crippen MR) is 166 cm³/mol. The monoisotopic (exact) mass is 654 g/mol. The minimum Gasteiger partial charge on any atom is -0.340 e. The second-order valence-electron chi connectivity index (χ2n) is 13.3. The van der Waals surface area contributed by atoms with Gasteiger partial charge in [0.2, 0.25) is 17.7 Å². The van der Waals surface area contributed by atoms with Crippen LogP contribution in [0.25, 0.3) is 10.1 Å². The Morgan fingerprint density at radius 1 is 1.18 bits per heavy atom. The molecule has 3 saturated heterocycles. The van der Waals surface area contributed by atoms with Crippen LogP contribution in [0.15, 0.2) is 48.8 Å². The van der Waals surface area contributed by atoms with Crippen LogP contribution in [-0.2, 0) is 14.2 Å². The van der Waals surface area contributed by atoms with E-state index in [1.165, 1.54) is 18.2 Å². The molecule has 3 N–H and O–H groups in total. The fraction of sp³-hybridized carbons (Fsp3) is 0.500. The Morgan fingerprint density at radius 3 is 2.69 bits per heavy atom. The lowest BCUT2D eigenvalue weighted by molar-refractivity contribution is -0.147. The van der Waals surface area contributed by atoms with Crippen molar-refractivity contribution >= 4 is 46.7 Å². The Balaban J connectivity index is 1.09. The molecule has 3 amide bonds. The average Bonchev–Trinajstić information content (AvgIpc) is 3.34. The highest BCUT2D eigenvalue weighted by Gasteiger charge is 2.58. The van der Waals surface area contributed by atoms with Gasteiger partial charge < -0.3 is 24.9 Å². The van der Waals surface area contributed by atoms with Gasteiger partial charge in [-0.15, -0.1) is 11.3 Å². The summed E-state index contributed by atoms with van der Waals surface area (Å²) in [5, 5.41) is 3.41. The van der Waals surface area contributed by atoms with Crippen LogP contribution < -0.4 is 5.32 Å². The second-order valence-corrected chi connectivity index (χ2v) is 16.0. The summed E-state index contributed by atoms with van der Waals surface area (Å²) in [6.07, 6.45) is 9.06. The van der Waals surface area contributed by atoms with E-state index in [1.54, 1.807) is 17.2 Å². The van der Waals surface area contributed by atoms with Crippen molar-refractivity contribution in [1.82, 2.24) is 20.1 Å². The molecule has 1 aromatic carbocycles. The SMILES string of the molecule is C[C@H]1C[C@H]2CC[C@@H](C(=O)N3C[C@@H](c4cccnc4)CC34CC4)N2C(=O)[C@@H](NC(=O)c2cc3cc([C@H](F)P(=O)(O)O)ccc3s2)C1. The highest BCUT2D eigenvalue weighted by Crippen LogP contribution is 2.55. The number of fused-ring (bicyclic) bond motifs is 2. The summed E-state index contributed by atoms with van der Waals surface area (Å²) < 4.78 is 26.3. The van der Waals surface area contributed by atoms with Crippen LogP contribution >= 0.6 is 18.9 Å². The van der Waals surface area contributed by atoms with Crippen molar-refractivity contribution in [2.75, 3.05) is 6.54 Å². The molecule has 7 rings (SSSR count). The number of carbonyl (C=O) groups excluding carboxylic acids is 3. The lowest BCUT2D eigenvalue weighted by atomic mass is 9.95. The molecule has 5 heterocycles. The zero-order valence-corrected chi connectivity index (χ0v) is 26.6. The topological polar surface area (TPSA) is 140 Å². The molecule has 4 fully saturated rings. The molecular formula is C32H36FN4O6PS. The van der Waals surface area contributed by atoms with E-state index in [1.807, 2.05) is 17.2 Å². The molecule has 0 unspecified atom stereocenters. The van der Waals surface area contributed by atoms with Crippen molar-refractivity contribution in [3.8, 4) is 0 Å². The largest absolute Gasteiger partial charge is 0.363 e. The van der Waals surface area contributed by atoms with Crippen LogP contribution in [0.2, 0.25) is 0 Å². The van der Waals surface area contributed by atoms with Crippen molar-refractivity contribution in [3.05, 3.63) is 64.8 Å². The molecule has 1 spiro atoms. The maximum Gasteiger partial charge on any atom is 0.363 e. The van der Waals surface area contributed by atoms with Crippen molar-refractivity contribution < 1.29 is 33.1 Å². The molecule has 45 heavy (non-hydrogen) atoms. The maximum atomic E-state index is 14.3. The van der Waals surface area contributed by atoms with Crippen LogP contribution in [-0.4, -0.2) is 72.5 Å². The van der Waals surface area contributed by atoms with Gasteiger partial charge in [0.15, 0.2) is 0 Å². The smallest absolute Gasteiger partial charge is 0.340 e. The molecule has 3 aliphatic heterocycles. The van der Waals surface area contributed by atoms with Crippen molar-refractivity contribution in [1.29, 1.82) is 0 Å². The summed E-state index contributed by atoms with van der Waals surface area (Å²) in [6, 6.07) is 8.29. The van der Waals surface area contributed by atoms with E-state index in [0.29, 0.717) is 34.3 Å².